The molecule has 0 amide bonds. The molecule has 0 atom stereocenters. The molecule has 0 aliphatic rings. The van der Waals surface area contributed by atoms with E-state index in [0.717, 1.165) is 23.0 Å². The minimum atomic E-state index is 0.452. The van der Waals surface area contributed by atoms with Gasteiger partial charge < -0.3 is 10.5 Å². The van der Waals surface area contributed by atoms with Gasteiger partial charge in [-0.05, 0) is 18.6 Å². The molecule has 20 heavy (non-hydrogen) atoms. The van der Waals surface area contributed by atoms with Crippen LogP contribution in [0.15, 0.2) is 42.7 Å². The van der Waals surface area contributed by atoms with E-state index in [4.69, 9.17) is 10.5 Å². The van der Waals surface area contributed by atoms with Gasteiger partial charge in [-0.2, -0.15) is 5.10 Å². The lowest BCUT2D eigenvalue weighted by Crippen LogP contribution is -1.99. The van der Waals surface area contributed by atoms with Crippen molar-refractivity contribution in [3.63, 3.8) is 0 Å². The van der Waals surface area contributed by atoms with E-state index >= 15 is 0 Å². The summed E-state index contributed by atoms with van der Waals surface area (Å²) in [6.45, 7) is 3.29. The Morgan fingerprint density at radius 1 is 1.30 bits per heavy atom. The fourth-order valence-corrected chi connectivity index (χ4v) is 2.13. The van der Waals surface area contributed by atoms with Gasteiger partial charge in [0.15, 0.2) is 5.75 Å². The Morgan fingerprint density at radius 2 is 2.15 bits per heavy atom. The molecule has 5 heteroatoms. The molecule has 1 aromatic carbocycles. The summed E-state index contributed by atoms with van der Waals surface area (Å²) in [5.74, 6) is 1.22. The molecule has 2 heterocycles. The van der Waals surface area contributed by atoms with Crippen LogP contribution in [0.25, 0.3) is 10.9 Å². The van der Waals surface area contributed by atoms with Crippen LogP contribution in [0.2, 0.25) is 0 Å². The summed E-state index contributed by atoms with van der Waals surface area (Å²) in [5.41, 5.74) is 7.71. The van der Waals surface area contributed by atoms with Crippen LogP contribution in [0.1, 0.15) is 12.5 Å². The van der Waals surface area contributed by atoms with Gasteiger partial charge in [0, 0.05) is 24.5 Å². The first kappa shape index (κ1) is 12.6. The molecule has 0 spiro atoms. The minimum absolute atomic E-state index is 0.452. The molecule has 0 saturated carbocycles. The predicted molar refractivity (Wildman–Crippen MR) is 77.6 cm³/mol. The largest absolute Gasteiger partial charge is 0.436 e. The Kier molecular flexibility index (Phi) is 3.35. The monoisotopic (exact) mass is 268 g/mol. The lowest BCUT2D eigenvalue weighted by atomic mass is 10.1. The van der Waals surface area contributed by atoms with Crippen LogP contribution in [-0.2, 0) is 13.1 Å². The van der Waals surface area contributed by atoms with Crippen LogP contribution >= 0.6 is 0 Å². The van der Waals surface area contributed by atoms with Gasteiger partial charge >= 0.3 is 0 Å². The number of rotatable bonds is 4. The highest BCUT2D eigenvalue weighted by Gasteiger charge is 2.07. The Hall–Kier alpha value is -2.40. The van der Waals surface area contributed by atoms with Gasteiger partial charge in [-0.15, -0.1) is 0 Å². The van der Waals surface area contributed by atoms with E-state index in [0.29, 0.717) is 18.2 Å². The van der Waals surface area contributed by atoms with E-state index in [1.54, 1.807) is 10.9 Å². The SMILES string of the molecule is CCn1cc(Oc2cc(CN)c3ccccc3n2)cn1. The number of nitrogens with zero attached hydrogens (tertiary/aromatic N) is 3. The van der Waals surface area contributed by atoms with Crippen molar-refractivity contribution < 1.29 is 4.74 Å². The summed E-state index contributed by atoms with van der Waals surface area (Å²) in [6, 6.07) is 9.79. The highest BCUT2D eigenvalue weighted by Crippen LogP contribution is 2.25. The van der Waals surface area contributed by atoms with Crippen LogP contribution in [0.3, 0.4) is 0 Å². The Labute approximate surface area is 117 Å². The van der Waals surface area contributed by atoms with Crippen molar-refractivity contribution >= 4 is 10.9 Å². The quantitative estimate of drug-likeness (QED) is 0.790. The van der Waals surface area contributed by atoms with Crippen LogP contribution < -0.4 is 10.5 Å². The standard InChI is InChI=1S/C15H16N4O/c1-2-19-10-12(9-17-19)20-15-7-11(8-16)13-5-3-4-6-14(13)18-15/h3-7,9-10H,2,8,16H2,1H3. The topological polar surface area (TPSA) is 66.0 Å². The lowest BCUT2D eigenvalue weighted by molar-refractivity contribution is 0.463. The fraction of sp³-hybridized carbons (Fsp3) is 0.200. The normalized spacial score (nSPS) is 10.9. The number of aryl methyl sites for hydroxylation is 1. The van der Waals surface area contributed by atoms with E-state index in [1.165, 1.54) is 0 Å². The molecule has 0 unspecified atom stereocenters. The van der Waals surface area contributed by atoms with Crippen molar-refractivity contribution in [2.24, 2.45) is 5.73 Å². The maximum Gasteiger partial charge on any atom is 0.220 e. The number of hydrogen-bond acceptors (Lipinski definition) is 4. The van der Waals surface area contributed by atoms with E-state index in [9.17, 15) is 0 Å². The second kappa shape index (κ2) is 5.30. The van der Waals surface area contributed by atoms with Crippen molar-refractivity contribution in [1.82, 2.24) is 14.8 Å². The van der Waals surface area contributed by atoms with Crippen LogP contribution in [0, 0.1) is 0 Å². The number of fused-ring (bicyclic) bond motifs is 1. The molecule has 0 saturated heterocycles. The lowest BCUT2D eigenvalue weighted by Gasteiger charge is -2.08. The van der Waals surface area contributed by atoms with Gasteiger partial charge in [-0.25, -0.2) is 4.98 Å². The molecule has 3 rings (SSSR count). The second-order valence-corrected chi connectivity index (χ2v) is 4.47. The number of nitrogens with two attached hydrogens (primary N) is 1. The van der Waals surface area contributed by atoms with Gasteiger partial charge in [-0.1, -0.05) is 18.2 Å². The van der Waals surface area contributed by atoms with Crippen LogP contribution in [0.4, 0.5) is 0 Å². The van der Waals surface area contributed by atoms with Gasteiger partial charge in [0.25, 0.3) is 0 Å². The first-order valence-corrected chi connectivity index (χ1v) is 6.59. The molecule has 5 nitrogen and oxygen atoms in total. The predicted octanol–water partition coefficient (Wildman–Crippen LogP) is 2.70. The number of para-hydroxylation sites is 1. The highest BCUT2D eigenvalue weighted by molar-refractivity contribution is 5.82. The molecular formula is C15H16N4O. The minimum Gasteiger partial charge on any atom is -0.436 e. The number of benzene rings is 1. The number of ether oxygens (including phenoxy) is 1. The van der Waals surface area contributed by atoms with Gasteiger partial charge in [0.2, 0.25) is 5.88 Å². The molecule has 0 bridgehead atoms. The Balaban J connectivity index is 1.99. The summed E-state index contributed by atoms with van der Waals surface area (Å²) in [6.07, 6.45) is 3.53. The summed E-state index contributed by atoms with van der Waals surface area (Å²) in [4.78, 5) is 4.50. The highest BCUT2D eigenvalue weighted by atomic mass is 16.5. The average molecular weight is 268 g/mol. The van der Waals surface area contributed by atoms with Gasteiger partial charge in [0.05, 0.1) is 17.9 Å². The third-order valence-corrected chi connectivity index (χ3v) is 3.15. The molecule has 0 aliphatic heterocycles. The van der Waals surface area contributed by atoms with Gasteiger partial charge in [0.1, 0.15) is 0 Å². The molecular weight excluding hydrogens is 252 g/mol. The van der Waals surface area contributed by atoms with Gasteiger partial charge in [-0.3, -0.25) is 4.68 Å². The number of aromatic nitrogens is 3. The third-order valence-electron chi connectivity index (χ3n) is 3.15. The first-order chi connectivity index (χ1) is 9.80. The molecule has 0 fully saturated rings. The first-order valence-electron chi connectivity index (χ1n) is 6.59. The number of pyridine rings is 1. The van der Waals surface area contributed by atoms with Crippen molar-refractivity contribution in [2.45, 2.75) is 20.0 Å². The van der Waals surface area contributed by atoms with Crippen LogP contribution in [-0.4, -0.2) is 14.8 Å². The van der Waals surface area contributed by atoms with Crippen LogP contribution in [0.5, 0.6) is 11.6 Å². The molecule has 102 valence electrons. The zero-order valence-corrected chi connectivity index (χ0v) is 11.3. The van der Waals surface area contributed by atoms with E-state index in [1.807, 2.05) is 43.5 Å². The summed E-state index contributed by atoms with van der Waals surface area (Å²) >= 11 is 0. The van der Waals surface area contributed by atoms with Crippen molar-refractivity contribution in [2.75, 3.05) is 0 Å². The maximum atomic E-state index is 5.80. The van der Waals surface area contributed by atoms with Crippen molar-refractivity contribution in [3.05, 3.63) is 48.3 Å². The molecule has 0 aliphatic carbocycles. The summed E-state index contributed by atoms with van der Waals surface area (Å²) in [5, 5.41) is 5.24. The Morgan fingerprint density at radius 3 is 2.90 bits per heavy atom. The molecule has 2 aromatic heterocycles. The van der Waals surface area contributed by atoms with Crippen molar-refractivity contribution in [1.29, 1.82) is 0 Å². The zero-order chi connectivity index (χ0) is 13.9. The Bertz CT molecular complexity index is 736. The van der Waals surface area contributed by atoms with E-state index in [-0.39, 0.29) is 0 Å². The molecule has 0 radical (unpaired) electrons. The summed E-state index contributed by atoms with van der Waals surface area (Å²) in [7, 11) is 0. The van der Waals surface area contributed by atoms with Crippen molar-refractivity contribution in [3.8, 4) is 11.6 Å². The summed E-state index contributed by atoms with van der Waals surface area (Å²) < 4.78 is 7.57. The number of hydrogen-bond donors (Lipinski definition) is 1. The zero-order valence-electron chi connectivity index (χ0n) is 11.3. The molecule has 3 aromatic rings. The molecule has 2 N–H and O–H groups in total. The maximum absolute atomic E-state index is 5.80. The van der Waals surface area contributed by atoms with E-state index in [2.05, 4.69) is 10.1 Å². The third kappa shape index (κ3) is 2.35. The second-order valence-electron chi connectivity index (χ2n) is 4.47. The smallest absolute Gasteiger partial charge is 0.220 e. The average Bonchev–Trinajstić information content (AvgIpc) is 2.94. The fourth-order valence-electron chi connectivity index (χ4n) is 2.13. The van der Waals surface area contributed by atoms with E-state index < -0.39 is 0 Å².